The van der Waals surface area contributed by atoms with Gasteiger partial charge in [0.15, 0.2) is 14.9 Å². The van der Waals surface area contributed by atoms with E-state index in [0.29, 0.717) is 19.5 Å². The molecule has 18 heavy (non-hydrogen) atoms. The van der Waals surface area contributed by atoms with Crippen LogP contribution in [0.25, 0.3) is 0 Å². The van der Waals surface area contributed by atoms with Gasteiger partial charge in [0.1, 0.15) is 0 Å². The maximum absolute atomic E-state index is 12.2. The fourth-order valence-corrected chi connectivity index (χ4v) is 5.93. The van der Waals surface area contributed by atoms with Crippen molar-refractivity contribution in [1.82, 2.24) is 9.62 Å². The van der Waals surface area contributed by atoms with E-state index in [0.717, 1.165) is 12.7 Å². The van der Waals surface area contributed by atoms with Crippen molar-refractivity contribution in [2.75, 3.05) is 24.4 Å². The molecule has 1 heterocycles. The van der Waals surface area contributed by atoms with Crippen LogP contribution in [-0.2, 0) is 19.9 Å². The summed E-state index contributed by atoms with van der Waals surface area (Å²) in [5.74, 6) is 0. The molecule has 1 saturated heterocycles. The maximum Gasteiger partial charge on any atom is 0.228 e. The highest BCUT2D eigenvalue weighted by molar-refractivity contribution is 8.06. The number of rotatable bonds is 5. The zero-order valence-electron chi connectivity index (χ0n) is 11.1. The Balaban J connectivity index is 2.94. The second-order valence-corrected chi connectivity index (χ2v) is 9.23. The zero-order chi connectivity index (χ0) is 14.0. The van der Waals surface area contributed by atoms with E-state index in [1.54, 1.807) is 0 Å². The molecule has 8 heteroatoms. The van der Waals surface area contributed by atoms with Gasteiger partial charge in [0.2, 0.25) is 10.0 Å². The summed E-state index contributed by atoms with van der Waals surface area (Å²) in [6, 6.07) is -0.0540. The smallest absolute Gasteiger partial charge is 0.228 e. The van der Waals surface area contributed by atoms with Crippen LogP contribution in [0.5, 0.6) is 0 Å². The molecule has 0 aromatic carbocycles. The van der Waals surface area contributed by atoms with Crippen molar-refractivity contribution >= 4 is 19.9 Å². The third-order valence-corrected chi connectivity index (χ3v) is 7.20. The number of hydrogen-bond acceptors (Lipinski definition) is 5. The molecule has 2 unspecified atom stereocenters. The molecule has 1 rings (SSSR count). The van der Waals surface area contributed by atoms with Crippen LogP contribution in [0.1, 0.15) is 26.7 Å². The Morgan fingerprint density at radius 2 is 1.78 bits per heavy atom. The van der Waals surface area contributed by atoms with Gasteiger partial charge in [0, 0.05) is 31.4 Å². The van der Waals surface area contributed by atoms with Gasteiger partial charge in [-0.1, -0.05) is 13.8 Å². The molecule has 0 bridgehead atoms. The van der Waals surface area contributed by atoms with Gasteiger partial charge in [-0.15, -0.1) is 0 Å². The van der Waals surface area contributed by atoms with Gasteiger partial charge in [0.05, 0.1) is 0 Å². The van der Waals surface area contributed by atoms with Gasteiger partial charge in [-0.05, 0) is 12.8 Å². The molecule has 1 aliphatic heterocycles. The first-order valence-electron chi connectivity index (χ1n) is 6.10. The Kier molecular flexibility index (Phi) is 5.16. The van der Waals surface area contributed by atoms with Crippen molar-refractivity contribution in [1.29, 1.82) is 0 Å². The maximum atomic E-state index is 12.2. The quantitative estimate of drug-likeness (QED) is 0.759. The molecule has 0 radical (unpaired) electrons. The average molecular weight is 298 g/mol. The summed E-state index contributed by atoms with van der Waals surface area (Å²) >= 11 is 0. The molecule has 0 amide bonds. The predicted octanol–water partition coefficient (Wildman–Crippen LogP) is -0.219. The lowest BCUT2D eigenvalue weighted by atomic mass is 10.1. The van der Waals surface area contributed by atoms with E-state index in [2.05, 4.69) is 5.32 Å². The van der Waals surface area contributed by atoms with E-state index in [-0.39, 0.29) is 12.1 Å². The van der Waals surface area contributed by atoms with Crippen molar-refractivity contribution in [2.45, 2.75) is 38.8 Å². The molecular formula is C10H22N2O4S2. The van der Waals surface area contributed by atoms with E-state index in [9.17, 15) is 16.8 Å². The van der Waals surface area contributed by atoms with Crippen LogP contribution in [0.3, 0.4) is 0 Å². The topological polar surface area (TPSA) is 83.6 Å². The van der Waals surface area contributed by atoms with Gasteiger partial charge in [-0.25, -0.2) is 16.8 Å². The van der Waals surface area contributed by atoms with Crippen LogP contribution in [0.4, 0.5) is 0 Å². The zero-order valence-corrected chi connectivity index (χ0v) is 12.7. The molecule has 0 saturated carbocycles. The van der Waals surface area contributed by atoms with Crippen molar-refractivity contribution in [3.63, 3.8) is 0 Å². The fraction of sp³-hybridized carbons (Fsp3) is 1.00. The Morgan fingerprint density at radius 1 is 1.17 bits per heavy atom. The Labute approximate surface area is 110 Å². The van der Waals surface area contributed by atoms with E-state index in [1.165, 1.54) is 4.31 Å². The largest absolute Gasteiger partial charge is 0.311 e. The molecule has 0 spiro atoms. The SMILES string of the molecule is CCC1CN(S(=O)(=O)CS(C)(=O)=O)C(CC)CN1. The first-order valence-corrected chi connectivity index (χ1v) is 9.77. The number of hydrogen-bond donors (Lipinski definition) is 1. The standard InChI is InChI=1S/C10H22N2O4S2/c1-4-9-7-12(10(5-2)6-11-9)18(15,16)8-17(3,13)14/h9-11H,4-8H2,1-3H3. The Bertz CT molecular complexity index is 472. The lowest BCUT2D eigenvalue weighted by molar-refractivity contribution is 0.216. The van der Waals surface area contributed by atoms with Crippen LogP contribution < -0.4 is 5.32 Å². The number of sulfonamides is 1. The van der Waals surface area contributed by atoms with Crippen LogP contribution in [0.15, 0.2) is 0 Å². The lowest BCUT2D eigenvalue weighted by Gasteiger charge is -2.38. The van der Waals surface area contributed by atoms with Gasteiger partial charge < -0.3 is 5.32 Å². The van der Waals surface area contributed by atoms with Crippen LogP contribution in [0.2, 0.25) is 0 Å². The minimum atomic E-state index is -3.74. The van der Waals surface area contributed by atoms with Gasteiger partial charge >= 0.3 is 0 Å². The second-order valence-electron chi connectivity index (χ2n) is 4.80. The molecule has 6 nitrogen and oxygen atoms in total. The molecule has 0 aromatic rings. The van der Waals surface area contributed by atoms with E-state index < -0.39 is 24.9 Å². The third-order valence-electron chi connectivity index (χ3n) is 3.13. The third kappa shape index (κ3) is 4.18. The molecule has 1 aliphatic rings. The highest BCUT2D eigenvalue weighted by Gasteiger charge is 2.36. The van der Waals surface area contributed by atoms with Crippen LogP contribution in [-0.4, -0.2) is 57.7 Å². The molecule has 1 fully saturated rings. The lowest BCUT2D eigenvalue weighted by Crippen LogP contribution is -2.58. The first-order chi connectivity index (χ1) is 8.19. The van der Waals surface area contributed by atoms with E-state index in [1.807, 2.05) is 13.8 Å². The van der Waals surface area contributed by atoms with Crippen LogP contribution in [0, 0.1) is 0 Å². The highest BCUT2D eigenvalue weighted by Crippen LogP contribution is 2.17. The normalized spacial score (nSPS) is 27.3. The number of piperazine rings is 1. The number of nitrogens with zero attached hydrogens (tertiary/aromatic N) is 1. The highest BCUT2D eigenvalue weighted by atomic mass is 32.3. The minimum Gasteiger partial charge on any atom is -0.311 e. The van der Waals surface area contributed by atoms with Crippen LogP contribution >= 0.6 is 0 Å². The summed E-state index contributed by atoms with van der Waals surface area (Å²) in [6.07, 6.45) is 2.44. The number of nitrogens with one attached hydrogen (secondary N) is 1. The fourth-order valence-electron chi connectivity index (χ4n) is 2.14. The van der Waals surface area contributed by atoms with Gasteiger partial charge in [-0.2, -0.15) is 4.31 Å². The molecule has 1 N–H and O–H groups in total. The molecular weight excluding hydrogens is 276 g/mol. The van der Waals surface area contributed by atoms with E-state index >= 15 is 0 Å². The first kappa shape index (κ1) is 15.9. The van der Waals surface area contributed by atoms with Crippen molar-refractivity contribution in [3.8, 4) is 0 Å². The summed E-state index contributed by atoms with van der Waals surface area (Å²) in [5.41, 5.74) is 0. The van der Waals surface area contributed by atoms with Gasteiger partial charge in [-0.3, -0.25) is 0 Å². The predicted molar refractivity (Wildman–Crippen MR) is 71.5 cm³/mol. The minimum absolute atomic E-state index is 0.0992. The Hall–Kier alpha value is -0.180. The molecule has 108 valence electrons. The molecule has 2 atom stereocenters. The number of sulfone groups is 1. The summed E-state index contributed by atoms with van der Waals surface area (Å²) in [6.45, 7) is 4.82. The Morgan fingerprint density at radius 3 is 2.22 bits per heavy atom. The summed E-state index contributed by atoms with van der Waals surface area (Å²) < 4.78 is 48.1. The summed E-state index contributed by atoms with van der Waals surface area (Å²) in [5, 5.41) is 2.48. The second kappa shape index (κ2) is 5.85. The average Bonchev–Trinajstić information content (AvgIpc) is 2.25. The summed E-state index contributed by atoms with van der Waals surface area (Å²) in [4.78, 5) is 0. The van der Waals surface area contributed by atoms with Crippen molar-refractivity contribution in [2.24, 2.45) is 0 Å². The monoisotopic (exact) mass is 298 g/mol. The van der Waals surface area contributed by atoms with Crippen molar-refractivity contribution < 1.29 is 16.8 Å². The van der Waals surface area contributed by atoms with Crippen molar-refractivity contribution in [3.05, 3.63) is 0 Å². The molecule has 0 aliphatic carbocycles. The summed E-state index contributed by atoms with van der Waals surface area (Å²) in [7, 11) is -7.28. The molecule has 0 aromatic heterocycles. The van der Waals surface area contributed by atoms with Gasteiger partial charge in [0.25, 0.3) is 0 Å². The van der Waals surface area contributed by atoms with E-state index in [4.69, 9.17) is 0 Å².